The molecule has 1 heterocycles. The van der Waals surface area contributed by atoms with Crippen molar-refractivity contribution in [2.24, 2.45) is 5.92 Å². The van der Waals surface area contributed by atoms with Gasteiger partial charge in [-0.05, 0) is 75.2 Å². The zero-order valence-electron chi connectivity index (χ0n) is 14.5. The monoisotopic (exact) mass is 349 g/mol. The quantitative estimate of drug-likeness (QED) is 0.468. The highest BCUT2D eigenvalue weighted by molar-refractivity contribution is 7.80. The van der Waals surface area contributed by atoms with E-state index in [1.54, 1.807) is 18.2 Å². The van der Waals surface area contributed by atoms with Gasteiger partial charge < -0.3 is 20.3 Å². The normalized spacial score (nSPS) is 15.8. The molecule has 1 aliphatic rings. The number of thiocarbonyl (C=S) groups is 1. The van der Waals surface area contributed by atoms with Crippen LogP contribution in [0.25, 0.3) is 0 Å². The molecule has 1 saturated heterocycles. The maximum Gasteiger partial charge on any atom is 0.337 e. The van der Waals surface area contributed by atoms with E-state index in [2.05, 4.69) is 22.5 Å². The van der Waals surface area contributed by atoms with Crippen molar-refractivity contribution in [1.29, 1.82) is 0 Å². The Labute approximate surface area is 149 Å². The average Bonchev–Trinajstić information content (AvgIpc) is 2.60. The molecule has 1 aliphatic heterocycles. The highest BCUT2D eigenvalue weighted by Gasteiger charge is 2.14. The number of hydrogen-bond donors (Lipinski definition) is 2. The average molecular weight is 350 g/mol. The molecule has 0 radical (unpaired) electrons. The first kappa shape index (κ1) is 18.7. The number of likely N-dealkylation sites (tertiary alicyclic amines) is 1. The number of anilines is 1. The number of ether oxygens (including phenoxy) is 1. The van der Waals surface area contributed by atoms with E-state index < -0.39 is 0 Å². The van der Waals surface area contributed by atoms with Crippen LogP contribution in [0, 0.1) is 5.92 Å². The summed E-state index contributed by atoms with van der Waals surface area (Å²) in [6.07, 6.45) is 3.69. The Hall–Kier alpha value is -1.66. The van der Waals surface area contributed by atoms with Crippen LogP contribution < -0.4 is 10.6 Å². The Balaban J connectivity index is 1.67. The van der Waals surface area contributed by atoms with Gasteiger partial charge in [0.05, 0.1) is 12.7 Å². The number of nitrogens with one attached hydrogen (secondary N) is 2. The number of esters is 1. The third-order valence-electron chi connectivity index (χ3n) is 4.35. The second-order valence-electron chi connectivity index (χ2n) is 6.33. The predicted octanol–water partition coefficient (Wildman–Crippen LogP) is 2.88. The minimum absolute atomic E-state index is 0.353. The lowest BCUT2D eigenvalue weighted by Crippen LogP contribution is -2.36. The van der Waals surface area contributed by atoms with Crippen molar-refractivity contribution in [2.75, 3.05) is 38.6 Å². The molecule has 1 aromatic rings. The van der Waals surface area contributed by atoms with Gasteiger partial charge in [-0.1, -0.05) is 13.0 Å². The van der Waals surface area contributed by atoms with E-state index in [1.165, 1.54) is 33.0 Å². The maximum atomic E-state index is 11.5. The van der Waals surface area contributed by atoms with Gasteiger partial charge in [0.1, 0.15) is 0 Å². The number of methoxy groups -OCH3 is 1. The van der Waals surface area contributed by atoms with Crippen LogP contribution >= 0.6 is 12.2 Å². The largest absolute Gasteiger partial charge is 0.465 e. The van der Waals surface area contributed by atoms with Crippen LogP contribution in [0.5, 0.6) is 0 Å². The zero-order chi connectivity index (χ0) is 17.4. The van der Waals surface area contributed by atoms with Gasteiger partial charge in [-0.2, -0.15) is 0 Å². The standard InChI is InChI=1S/C18H27N3O2S/c1-14-7-11-21(12-8-14)10-4-9-19-18(24)20-16-6-3-5-15(13-16)17(22)23-2/h3,5-6,13-14H,4,7-12H2,1-2H3,(H2,19,20,24). The molecule has 0 atom stereocenters. The fraction of sp³-hybridized carbons (Fsp3) is 0.556. The van der Waals surface area contributed by atoms with Crippen molar-refractivity contribution in [2.45, 2.75) is 26.2 Å². The number of nitrogens with zero attached hydrogens (tertiary/aromatic N) is 1. The summed E-state index contributed by atoms with van der Waals surface area (Å²) < 4.78 is 4.72. The summed E-state index contributed by atoms with van der Waals surface area (Å²) in [7, 11) is 1.37. The van der Waals surface area contributed by atoms with E-state index >= 15 is 0 Å². The van der Waals surface area contributed by atoms with Crippen molar-refractivity contribution in [3.05, 3.63) is 29.8 Å². The van der Waals surface area contributed by atoms with Gasteiger partial charge >= 0.3 is 5.97 Å². The van der Waals surface area contributed by atoms with E-state index in [-0.39, 0.29) is 5.97 Å². The van der Waals surface area contributed by atoms with Crippen molar-refractivity contribution >= 4 is 29.0 Å². The molecule has 0 aromatic heterocycles. The van der Waals surface area contributed by atoms with E-state index in [1.807, 2.05) is 6.07 Å². The number of rotatable bonds is 6. The van der Waals surface area contributed by atoms with E-state index in [9.17, 15) is 4.79 Å². The maximum absolute atomic E-state index is 11.5. The van der Waals surface area contributed by atoms with E-state index in [4.69, 9.17) is 17.0 Å². The van der Waals surface area contributed by atoms with Gasteiger partial charge in [0, 0.05) is 12.2 Å². The first-order valence-electron chi connectivity index (χ1n) is 8.54. The van der Waals surface area contributed by atoms with Gasteiger partial charge in [0.15, 0.2) is 5.11 Å². The molecule has 2 rings (SSSR count). The van der Waals surface area contributed by atoms with Crippen LogP contribution in [0.15, 0.2) is 24.3 Å². The molecule has 0 bridgehead atoms. The van der Waals surface area contributed by atoms with Gasteiger partial charge in [0.25, 0.3) is 0 Å². The summed E-state index contributed by atoms with van der Waals surface area (Å²) >= 11 is 5.31. The van der Waals surface area contributed by atoms with Crippen LogP contribution in [0.4, 0.5) is 5.69 Å². The fourth-order valence-electron chi connectivity index (χ4n) is 2.81. The Morgan fingerprint density at radius 2 is 2.12 bits per heavy atom. The SMILES string of the molecule is COC(=O)c1cccc(NC(=S)NCCCN2CCC(C)CC2)c1. The second kappa shape index (κ2) is 9.59. The highest BCUT2D eigenvalue weighted by atomic mass is 32.1. The Morgan fingerprint density at radius 3 is 2.83 bits per heavy atom. The molecule has 0 unspecified atom stereocenters. The minimum Gasteiger partial charge on any atom is -0.465 e. The summed E-state index contributed by atoms with van der Waals surface area (Å²) in [5.41, 5.74) is 1.28. The molecule has 2 N–H and O–H groups in total. The number of benzene rings is 1. The van der Waals surface area contributed by atoms with Gasteiger partial charge in [-0.3, -0.25) is 0 Å². The van der Waals surface area contributed by atoms with Crippen LogP contribution in [-0.2, 0) is 4.74 Å². The number of hydrogen-bond acceptors (Lipinski definition) is 4. The summed E-state index contributed by atoms with van der Waals surface area (Å²) in [6, 6.07) is 7.12. The van der Waals surface area contributed by atoms with Crippen molar-refractivity contribution in [3.63, 3.8) is 0 Å². The first-order chi connectivity index (χ1) is 11.6. The molecular formula is C18H27N3O2S. The summed E-state index contributed by atoms with van der Waals surface area (Å²) in [5, 5.41) is 6.90. The van der Waals surface area contributed by atoms with Gasteiger partial charge in [-0.25, -0.2) is 4.79 Å². The molecule has 0 saturated carbocycles. The van der Waals surface area contributed by atoms with Crippen LogP contribution in [0.3, 0.4) is 0 Å². The van der Waals surface area contributed by atoms with Gasteiger partial charge in [0.2, 0.25) is 0 Å². The molecule has 0 amide bonds. The zero-order valence-corrected chi connectivity index (χ0v) is 15.3. The third kappa shape index (κ3) is 6.09. The first-order valence-corrected chi connectivity index (χ1v) is 8.95. The highest BCUT2D eigenvalue weighted by Crippen LogP contribution is 2.15. The molecule has 5 nitrogen and oxygen atoms in total. The number of piperidine rings is 1. The lowest BCUT2D eigenvalue weighted by Gasteiger charge is -2.30. The molecule has 1 fully saturated rings. The lowest BCUT2D eigenvalue weighted by molar-refractivity contribution is 0.0601. The summed E-state index contributed by atoms with van der Waals surface area (Å²) in [5.74, 6) is 0.519. The van der Waals surface area contributed by atoms with Crippen LogP contribution in [0.2, 0.25) is 0 Å². The van der Waals surface area contributed by atoms with Crippen molar-refractivity contribution < 1.29 is 9.53 Å². The van der Waals surface area contributed by atoms with Crippen molar-refractivity contribution in [1.82, 2.24) is 10.2 Å². The molecule has 1 aromatic carbocycles. The molecule has 132 valence electrons. The predicted molar refractivity (Wildman–Crippen MR) is 101 cm³/mol. The van der Waals surface area contributed by atoms with Gasteiger partial charge in [-0.15, -0.1) is 0 Å². The van der Waals surface area contributed by atoms with Crippen LogP contribution in [-0.4, -0.2) is 49.3 Å². The number of carbonyl (C=O) groups excluding carboxylic acids is 1. The second-order valence-corrected chi connectivity index (χ2v) is 6.74. The molecular weight excluding hydrogens is 322 g/mol. The third-order valence-corrected chi connectivity index (χ3v) is 4.60. The molecule has 6 heteroatoms. The molecule has 24 heavy (non-hydrogen) atoms. The Kier molecular flexibility index (Phi) is 7.46. The minimum atomic E-state index is -0.353. The Bertz CT molecular complexity index is 557. The summed E-state index contributed by atoms with van der Waals surface area (Å²) in [4.78, 5) is 14.1. The summed E-state index contributed by atoms with van der Waals surface area (Å²) in [6.45, 7) is 6.71. The van der Waals surface area contributed by atoms with E-state index in [0.717, 1.165) is 31.1 Å². The van der Waals surface area contributed by atoms with E-state index in [0.29, 0.717) is 10.7 Å². The topological polar surface area (TPSA) is 53.6 Å². The lowest BCUT2D eigenvalue weighted by atomic mass is 9.99. The fourth-order valence-corrected chi connectivity index (χ4v) is 3.03. The molecule has 0 spiro atoms. The smallest absolute Gasteiger partial charge is 0.337 e. The Morgan fingerprint density at radius 1 is 1.38 bits per heavy atom. The van der Waals surface area contributed by atoms with Crippen molar-refractivity contribution in [3.8, 4) is 0 Å². The molecule has 0 aliphatic carbocycles. The number of carbonyl (C=O) groups is 1. The van der Waals surface area contributed by atoms with Crippen LogP contribution in [0.1, 0.15) is 36.5 Å².